The summed E-state index contributed by atoms with van der Waals surface area (Å²) in [6.45, 7) is 5.93. The fourth-order valence-corrected chi connectivity index (χ4v) is 3.91. The molecule has 2 nitrogen and oxygen atoms in total. The van der Waals surface area contributed by atoms with Crippen molar-refractivity contribution >= 4 is 24.5 Å². The predicted octanol–water partition coefficient (Wildman–Crippen LogP) is 3.75. The number of rotatable bonds is 6. The van der Waals surface area contributed by atoms with Gasteiger partial charge in [-0.25, -0.2) is 4.79 Å². The molecule has 2 rings (SSSR count). The first-order chi connectivity index (χ1) is 10.7. The number of esters is 1. The van der Waals surface area contributed by atoms with E-state index >= 15 is 0 Å². The molecule has 112 valence electrons. The Morgan fingerprint density at radius 1 is 1.05 bits per heavy atom. The van der Waals surface area contributed by atoms with E-state index in [1.165, 1.54) is 10.6 Å². The zero-order valence-electron chi connectivity index (χ0n) is 12.6. The van der Waals surface area contributed by atoms with E-state index in [-0.39, 0.29) is 5.97 Å². The lowest BCUT2D eigenvalue weighted by Crippen LogP contribution is -2.10. The summed E-state index contributed by atoms with van der Waals surface area (Å²) in [5, 5.41) is 2.47. The molecule has 0 saturated heterocycles. The van der Waals surface area contributed by atoms with E-state index in [2.05, 4.69) is 36.7 Å². The Kier molecular flexibility index (Phi) is 6.12. The Bertz CT molecular complexity index is 608. The summed E-state index contributed by atoms with van der Waals surface area (Å²) in [7, 11) is -0.667. The number of ether oxygens (including phenoxy) is 1. The zero-order chi connectivity index (χ0) is 15.8. The largest absolute Gasteiger partial charge is 0.462 e. The Balaban J connectivity index is 2.27. The molecule has 3 heteroatoms. The van der Waals surface area contributed by atoms with Crippen molar-refractivity contribution in [1.29, 1.82) is 0 Å². The highest BCUT2D eigenvalue weighted by Gasteiger charge is 2.11. The molecule has 0 aliphatic carbocycles. The lowest BCUT2D eigenvalue weighted by Gasteiger charge is -2.14. The van der Waals surface area contributed by atoms with Crippen molar-refractivity contribution < 1.29 is 9.53 Å². The van der Waals surface area contributed by atoms with E-state index in [1.54, 1.807) is 13.0 Å². The summed E-state index contributed by atoms with van der Waals surface area (Å²) >= 11 is 0. The van der Waals surface area contributed by atoms with Crippen molar-refractivity contribution in [2.75, 3.05) is 6.61 Å². The second kappa shape index (κ2) is 8.31. The molecular weight excluding hydrogens is 291 g/mol. The molecule has 0 spiro atoms. The smallest absolute Gasteiger partial charge is 0.337 e. The molecule has 0 aliphatic rings. The maximum Gasteiger partial charge on any atom is 0.337 e. The monoisotopic (exact) mass is 310 g/mol. The molecule has 0 N–H and O–H groups in total. The molecule has 0 saturated carbocycles. The third kappa shape index (κ3) is 4.41. The van der Waals surface area contributed by atoms with Gasteiger partial charge in [-0.1, -0.05) is 73.1 Å². The summed E-state index contributed by atoms with van der Waals surface area (Å²) in [4.78, 5) is 11.7. The topological polar surface area (TPSA) is 26.3 Å². The molecule has 2 aromatic carbocycles. The van der Waals surface area contributed by atoms with Crippen LogP contribution in [0.3, 0.4) is 0 Å². The highest BCUT2D eigenvalue weighted by Crippen LogP contribution is 2.35. The Morgan fingerprint density at radius 2 is 1.55 bits per heavy atom. The van der Waals surface area contributed by atoms with Crippen LogP contribution in [-0.4, -0.2) is 12.6 Å². The molecule has 2 aromatic rings. The first kappa shape index (κ1) is 16.2. The minimum absolute atomic E-state index is 0.359. The first-order valence-corrected chi connectivity index (χ1v) is 8.57. The summed E-state index contributed by atoms with van der Waals surface area (Å²) in [5.74, 6) is 1.69. The Morgan fingerprint density at radius 3 is 2.00 bits per heavy atom. The van der Waals surface area contributed by atoms with Crippen molar-refractivity contribution in [1.82, 2.24) is 0 Å². The number of hydrogen-bond acceptors (Lipinski definition) is 2. The van der Waals surface area contributed by atoms with Crippen LogP contribution in [0, 0.1) is 0 Å². The van der Waals surface area contributed by atoms with E-state index in [1.807, 2.05) is 36.4 Å². The molecule has 22 heavy (non-hydrogen) atoms. The predicted molar refractivity (Wildman–Crippen MR) is 94.0 cm³/mol. The second-order valence-electron chi connectivity index (χ2n) is 4.60. The molecule has 0 aromatic heterocycles. The van der Waals surface area contributed by atoms with Gasteiger partial charge in [0.25, 0.3) is 0 Å². The van der Waals surface area contributed by atoms with Gasteiger partial charge >= 0.3 is 5.97 Å². The lowest BCUT2D eigenvalue weighted by atomic mass is 10.3. The highest BCUT2D eigenvalue weighted by molar-refractivity contribution is 7.75. The van der Waals surface area contributed by atoms with Crippen molar-refractivity contribution in [2.24, 2.45) is 0 Å². The highest BCUT2D eigenvalue weighted by atomic mass is 31.1. The van der Waals surface area contributed by atoms with Crippen LogP contribution >= 0.6 is 7.92 Å². The summed E-state index contributed by atoms with van der Waals surface area (Å²) < 4.78 is 4.96. The Hall–Kier alpha value is -2.18. The quantitative estimate of drug-likeness (QED) is 0.351. The second-order valence-corrected chi connectivity index (χ2v) is 6.67. The van der Waals surface area contributed by atoms with Crippen LogP contribution < -0.4 is 10.6 Å². The van der Waals surface area contributed by atoms with Gasteiger partial charge in [0.05, 0.1) is 12.2 Å². The van der Waals surface area contributed by atoms with E-state index in [9.17, 15) is 4.79 Å². The van der Waals surface area contributed by atoms with E-state index in [0.717, 1.165) is 0 Å². The van der Waals surface area contributed by atoms with Crippen LogP contribution in [0.15, 0.2) is 84.7 Å². The standard InChI is InChI=1S/C19H19O2P/c1-3-21-19(20)16(2)14-15-22(17-10-6-4-7-11-17)18-12-8-5-9-13-18/h4-15H,2-3H2,1H3/b15-14-. The number of benzene rings is 2. The Labute approximate surface area is 132 Å². The molecular formula is C19H19O2P. The minimum Gasteiger partial charge on any atom is -0.462 e. The van der Waals surface area contributed by atoms with Crippen LogP contribution in [-0.2, 0) is 9.53 Å². The van der Waals surface area contributed by atoms with Gasteiger partial charge in [-0.2, -0.15) is 0 Å². The molecule has 0 amide bonds. The van der Waals surface area contributed by atoms with Crippen molar-refractivity contribution in [3.63, 3.8) is 0 Å². The van der Waals surface area contributed by atoms with Gasteiger partial charge in [0.15, 0.2) is 0 Å². The normalized spacial score (nSPS) is 10.8. The van der Waals surface area contributed by atoms with Crippen LogP contribution in [0.5, 0.6) is 0 Å². The fourth-order valence-electron chi connectivity index (χ4n) is 1.95. The average molecular weight is 310 g/mol. The molecule has 0 radical (unpaired) electrons. The summed E-state index contributed by atoms with van der Waals surface area (Å²) in [6, 6.07) is 20.6. The van der Waals surface area contributed by atoms with Crippen molar-refractivity contribution in [3.05, 3.63) is 84.7 Å². The van der Waals surface area contributed by atoms with Crippen molar-refractivity contribution in [2.45, 2.75) is 6.92 Å². The zero-order valence-corrected chi connectivity index (χ0v) is 13.5. The van der Waals surface area contributed by atoms with E-state index < -0.39 is 7.92 Å². The molecule has 0 unspecified atom stereocenters. The van der Waals surface area contributed by atoms with E-state index in [4.69, 9.17) is 4.74 Å². The van der Waals surface area contributed by atoms with Crippen molar-refractivity contribution in [3.8, 4) is 0 Å². The van der Waals surface area contributed by atoms with Gasteiger partial charge < -0.3 is 4.74 Å². The van der Waals surface area contributed by atoms with Gasteiger partial charge in [-0.3, -0.25) is 0 Å². The molecule has 0 bridgehead atoms. The average Bonchev–Trinajstić information content (AvgIpc) is 2.57. The first-order valence-electron chi connectivity index (χ1n) is 7.16. The van der Waals surface area contributed by atoms with Gasteiger partial charge in [0.1, 0.15) is 0 Å². The summed E-state index contributed by atoms with van der Waals surface area (Å²) in [5.41, 5.74) is 0.376. The SMILES string of the molecule is C=C(/C=C\P(c1ccccc1)c1ccccc1)C(=O)OCC. The van der Waals surface area contributed by atoms with E-state index in [0.29, 0.717) is 12.2 Å². The maximum absolute atomic E-state index is 11.7. The third-order valence-electron chi connectivity index (χ3n) is 3.03. The third-order valence-corrected chi connectivity index (χ3v) is 5.19. The lowest BCUT2D eigenvalue weighted by molar-refractivity contribution is -0.138. The number of carbonyl (C=O) groups is 1. The molecule has 0 atom stereocenters. The number of hydrogen-bond donors (Lipinski definition) is 0. The van der Waals surface area contributed by atoms with Gasteiger partial charge in [-0.15, -0.1) is 0 Å². The molecule has 0 heterocycles. The summed E-state index contributed by atoms with van der Waals surface area (Å²) in [6.07, 6.45) is 1.77. The van der Waals surface area contributed by atoms with Crippen LogP contribution in [0.1, 0.15) is 6.92 Å². The van der Waals surface area contributed by atoms with Gasteiger partial charge in [-0.05, 0) is 31.5 Å². The van der Waals surface area contributed by atoms with Crippen LogP contribution in [0.2, 0.25) is 0 Å². The maximum atomic E-state index is 11.7. The molecule has 0 fully saturated rings. The van der Waals surface area contributed by atoms with Crippen LogP contribution in [0.4, 0.5) is 0 Å². The molecule has 0 aliphatic heterocycles. The van der Waals surface area contributed by atoms with Crippen LogP contribution in [0.25, 0.3) is 0 Å². The minimum atomic E-state index is -0.667. The van der Waals surface area contributed by atoms with Gasteiger partial charge in [0, 0.05) is 0 Å². The fraction of sp³-hybridized carbons (Fsp3) is 0.105. The number of carbonyl (C=O) groups excluding carboxylic acids is 1. The van der Waals surface area contributed by atoms with Gasteiger partial charge in [0.2, 0.25) is 0 Å².